The molecule has 2 aromatic rings. The van der Waals surface area contributed by atoms with Gasteiger partial charge in [-0.3, -0.25) is 14.2 Å². The second-order valence-corrected chi connectivity index (χ2v) is 5.07. The van der Waals surface area contributed by atoms with Crippen LogP contribution in [0, 0.1) is 6.92 Å². The fourth-order valence-electron chi connectivity index (χ4n) is 2.22. The molecule has 0 aliphatic rings. The van der Waals surface area contributed by atoms with E-state index in [1.807, 2.05) is 26.0 Å². The summed E-state index contributed by atoms with van der Waals surface area (Å²) < 4.78 is 6.27. The standard InChI is InChI=1S/C15H19N3O3/c1-10-5-4-6-12-14(10)16-9-18(15(12)20)7-13(19)17-11(2)8-21-3/h4-6,9,11H,7-8H2,1-3H3,(H,17,19)/t11-/m0/s1. The van der Waals surface area contributed by atoms with Gasteiger partial charge in [-0.2, -0.15) is 0 Å². The fourth-order valence-corrected chi connectivity index (χ4v) is 2.22. The van der Waals surface area contributed by atoms with Crippen LogP contribution in [0.1, 0.15) is 12.5 Å². The number of hydrogen-bond acceptors (Lipinski definition) is 4. The Morgan fingerprint density at radius 3 is 2.95 bits per heavy atom. The topological polar surface area (TPSA) is 73.2 Å². The second kappa shape index (κ2) is 6.49. The average Bonchev–Trinajstić information content (AvgIpc) is 2.43. The zero-order chi connectivity index (χ0) is 15.4. The van der Waals surface area contributed by atoms with E-state index < -0.39 is 0 Å². The van der Waals surface area contributed by atoms with Gasteiger partial charge in [0.1, 0.15) is 6.54 Å². The number of carbonyl (C=O) groups is 1. The van der Waals surface area contributed by atoms with Gasteiger partial charge in [-0.05, 0) is 25.5 Å². The van der Waals surface area contributed by atoms with Gasteiger partial charge in [-0.1, -0.05) is 12.1 Å². The molecule has 0 radical (unpaired) electrons. The minimum absolute atomic E-state index is 0.0518. The fraction of sp³-hybridized carbons (Fsp3) is 0.400. The molecule has 1 N–H and O–H groups in total. The number of para-hydroxylation sites is 1. The summed E-state index contributed by atoms with van der Waals surface area (Å²) in [5, 5.41) is 3.29. The molecule has 0 saturated heterocycles. The summed E-state index contributed by atoms with van der Waals surface area (Å²) >= 11 is 0. The molecule has 0 saturated carbocycles. The third-order valence-corrected chi connectivity index (χ3v) is 3.19. The van der Waals surface area contributed by atoms with Gasteiger partial charge in [0.25, 0.3) is 5.56 Å². The van der Waals surface area contributed by atoms with Crippen LogP contribution in [-0.4, -0.2) is 35.2 Å². The molecule has 0 unspecified atom stereocenters. The highest BCUT2D eigenvalue weighted by Gasteiger charge is 2.11. The normalized spacial score (nSPS) is 12.3. The van der Waals surface area contributed by atoms with Crippen molar-refractivity contribution in [2.45, 2.75) is 26.4 Å². The van der Waals surface area contributed by atoms with E-state index in [0.29, 0.717) is 17.5 Å². The van der Waals surface area contributed by atoms with E-state index in [-0.39, 0.29) is 24.1 Å². The van der Waals surface area contributed by atoms with Gasteiger partial charge in [0, 0.05) is 13.2 Å². The number of hydrogen-bond donors (Lipinski definition) is 1. The van der Waals surface area contributed by atoms with Gasteiger partial charge in [-0.15, -0.1) is 0 Å². The molecule has 0 bridgehead atoms. The first-order valence-electron chi connectivity index (χ1n) is 6.76. The van der Waals surface area contributed by atoms with E-state index >= 15 is 0 Å². The summed E-state index contributed by atoms with van der Waals surface area (Å²) in [7, 11) is 1.57. The van der Waals surface area contributed by atoms with Crippen molar-refractivity contribution in [1.82, 2.24) is 14.9 Å². The van der Waals surface area contributed by atoms with Crippen molar-refractivity contribution in [2.75, 3.05) is 13.7 Å². The summed E-state index contributed by atoms with van der Waals surface area (Å²) in [6.07, 6.45) is 1.41. The van der Waals surface area contributed by atoms with Crippen LogP contribution in [0.15, 0.2) is 29.3 Å². The Morgan fingerprint density at radius 2 is 2.24 bits per heavy atom. The number of carbonyl (C=O) groups excluding carboxylic acids is 1. The van der Waals surface area contributed by atoms with Crippen LogP contribution in [-0.2, 0) is 16.1 Å². The zero-order valence-electron chi connectivity index (χ0n) is 12.4. The molecule has 0 aliphatic carbocycles. The Hall–Kier alpha value is -2.21. The molecule has 1 heterocycles. The molecule has 21 heavy (non-hydrogen) atoms. The molecular formula is C15H19N3O3. The van der Waals surface area contributed by atoms with Crippen LogP contribution < -0.4 is 10.9 Å². The van der Waals surface area contributed by atoms with E-state index in [1.165, 1.54) is 10.9 Å². The third kappa shape index (κ3) is 3.46. The van der Waals surface area contributed by atoms with Crippen molar-refractivity contribution in [1.29, 1.82) is 0 Å². The molecular weight excluding hydrogens is 270 g/mol. The minimum Gasteiger partial charge on any atom is -0.383 e. The molecule has 6 nitrogen and oxygen atoms in total. The van der Waals surface area contributed by atoms with E-state index in [9.17, 15) is 9.59 Å². The largest absolute Gasteiger partial charge is 0.383 e. The first-order chi connectivity index (χ1) is 10.0. The maximum absolute atomic E-state index is 12.3. The smallest absolute Gasteiger partial charge is 0.261 e. The quantitative estimate of drug-likeness (QED) is 0.886. The zero-order valence-corrected chi connectivity index (χ0v) is 12.4. The van der Waals surface area contributed by atoms with E-state index in [2.05, 4.69) is 10.3 Å². The lowest BCUT2D eigenvalue weighted by Crippen LogP contribution is -2.39. The lowest BCUT2D eigenvalue weighted by Gasteiger charge is -2.13. The van der Waals surface area contributed by atoms with Gasteiger partial charge < -0.3 is 10.1 Å². The van der Waals surface area contributed by atoms with Crippen LogP contribution >= 0.6 is 0 Å². The van der Waals surface area contributed by atoms with E-state index in [4.69, 9.17) is 4.74 Å². The monoisotopic (exact) mass is 289 g/mol. The molecule has 1 aromatic heterocycles. The van der Waals surface area contributed by atoms with Gasteiger partial charge in [0.2, 0.25) is 5.91 Å². The van der Waals surface area contributed by atoms with Crippen LogP contribution in [0.4, 0.5) is 0 Å². The molecule has 112 valence electrons. The number of rotatable bonds is 5. The molecule has 0 spiro atoms. The second-order valence-electron chi connectivity index (χ2n) is 5.07. The van der Waals surface area contributed by atoms with Gasteiger partial charge in [0.15, 0.2) is 0 Å². The highest BCUT2D eigenvalue weighted by molar-refractivity contribution is 5.81. The van der Waals surface area contributed by atoms with E-state index in [1.54, 1.807) is 13.2 Å². The maximum atomic E-state index is 12.3. The number of amides is 1. The maximum Gasteiger partial charge on any atom is 0.261 e. The molecule has 1 atom stereocenters. The summed E-state index contributed by atoms with van der Waals surface area (Å²) in [5.74, 6) is -0.240. The first kappa shape index (κ1) is 15.2. The predicted molar refractivity (Wildman–Crippen MR) is 80.2 cm³/mol. The Balaban J connectivity index is 2.22. The number of aromatic nitrogens is 2. The number of nitrogens with zero attached hydrogens (tertiary/aromatic N) is 2. The third-order valence-electron chi connectivity index (χ3n) is 3.19. The highest BCUT2D eigenvalue weighted by atomic mass is 16.5. The van der Waals surface area contributed by atoms with Crippen molar-refractivity contribution in [3.63, 3.8) is 0 Å². The summed E-state index contributed by atoms with van der Waals surface area (Å²) in [6.45, 7) is 4.12. The summed E-state index contributed by atoms with van der Waals surface area (Å²) in [5.41, 5.74) is 1.40. The summed E-state index contributed by atoms with van der Waals surface area (Å²) in [6, 6.07) is 5.33. The SMILES string of the molecule is COC[C@H](C)NC(=O)Cn1cnc2c(C)cccc2c1=O. The van der Waals surface area contributed by atoms with Crippen molar-refractivity contribution >= 4 is 16.8 Å². The Labute approximate surface area is 122 Å². The number of ether oxygens (including phenoxy) is 1. The van der Waals surface area contributed by atoms with Crippen molar-refractivity contribution in [3.05, 3.63) is 40.4 Å². The lowest BCUT2D eigenvalue weighted by atomic mass is 10.1. The predicted octanol–water partition coefficient (Wildman–Crippen LogP) is 0.856. The summed E-state index contributed by atoms with van der Waals surface area (Å²) in [4.78, 5) is 28.5. The average molecular weight is 289 g/mol. The highest BCUT2D eigenvalue weighted by Crippen LogP contribution is 2.10. The molecule has 1 amide bonds. The number of methoxy groups -OCH3 is 1. The Morgan fingerprint density at radius 1 is 1.48 bits per heavy atom. The van der Waals surface area contributed by atoms with Crippen LogP contribution in [0.25, 0.3) is 10.9 Å². The molecule has 2 rings (SSSR count). The Kier molecular flexibility index (Phi) is 4.70. The van der Waals surface area contributed by atoms with Crippen molar-refractivity contribution in [2.24, 2.45) is 0 Å². The first-order valence-corrected chi connectivity index (χ1v) is 6.76. The minimum atomic E-state index is -0.240. The van der Waals surface area contributed by atoms with Crippen LogP contribution in [0.3, 0.4) is 0 Å². The molecule has 1 aromatic carbocycles. The van der Waals surface area contributed by atoms with Crippen molar-refractivity contribution < 1.29 is 9.53 Å². The van der Waals surface area contributed by atoms with Crippen molar-refractivity contribution in [3.8, 4) is 0 Å². The number of aryl methyl sites for hydroxylation is 1. The number of nitrogens with one attached hydrogen (secondary N) is 1. The Bertz CT molecular complexity index is 709. The van der Waals surface area contributed by atoms with E-state index in [0.717, 1.165) is 5.56 Å². The number of fused-ring (bicyclic) bond motifs is 1. The van der Waals surface area contributed by atoms with Gasteiger partial charge in [0.05, 0.1) is 23.8 Å². The van der Waals surface area contributed by atoms with Crippen LogP contribution in [0.2, 0.25) is 0 Å². The lowest BCUT2D eigenvalue weighted by molar-refractivity contribution is -0.122. The van der Waals surface area contributed by atoms with Gasteiger partial charge in [-0.25, -0.2) is 4.98 Å². The molecule has 6 heteroatoms. The van der Waals surface area contributed by atoms with Crippen LogP contribution in [0.5, 0.6) is 0 Å². The number of benzene rings is 1. The molecule has 0 aliphatic heterocycles. The molecule has 0 fully saturated rings. The van der Waals surface area contributed by atoms with Gasteiger partial charge >= 0.3 is 0 Å².